The van der Waals surface area contributed by atoms with Gasteiger partial charge < -0.3 is 14.5 Å². The van der Waals surface area contributed by atoms with Crippen molar-refractivity contribution in [2.75, 3.05) is 31.1 Å². The zero-order valence-electron chi connectivity index (χ0n) is 20.0. The first kappa shape index (κ1) is 24.9. The molecule has 1 saturated heterocycles. The predicted molar refractivity (Wildman–Crippen MR) is 131 cm³/mol. The second-order valence-corrected chi connectivity index (χ2v) is 9.37. The van der Waals surface area contributed by atoms with E-state index in [2.05, 4.69) is 0 Å². The third-order valence-corrected chi connectivity index (χ3v) is 6.01. The molecule has 1 aromatic carbocycles. The number of hydrogen-bond donors (Lipinski definition) is 0. The molecular formula is C24H33ClN4O4. The summed E-state index contributed by atoms with van der Waals surface area (Å²) in [5.74, 6) is 1.05. The van der Waals surface area contributed by atoms with Crippen LogP contribution in [0.4, 0.5) is 5.82 Å². The normalized spacial score (nSPS) is 15.6. The Balaban J connectivity index is 1.78. The van der Waals surface area contributed by atoms with Gasteiger partial charge in [-0.15, -0.1) is 0 Å². The van der Waals surface area contributed by atoms with E-state index in [1.165, 1.54) is 4.57 Å². The Hall–Kier alpha value is -2.74. The number of rotatable bonds is 6. The van der Waals surface area contributed by atoms with Crippen molar-refractivity contribution in [3.05, 3.63) is 56.2 Å². The fraction of sp³-hybridized carbons (Fsp3) is 0.542. The van der Waals surface area contributed by atoms with E-state index in [1.54, 1.807) is 46.7 Å². The van der Waals surface area contributed by atoms with Gasteiger partial charge in [0.1, 0.15) is 11.6 Å². The maximum atomic E-state index is 13.1. The summed E-state index contributed by atoms with van der Waals surface area (Å²) in [6.07, 6.45) is 0.0636. The molecule has 0 N–H and O–H groups in total. The van der Waals surface area contributed by atoms with Crippen molar-refractivity contribution >= 4 is 23.3 Å². The number of carbonyl (C=O) groups excluding carboxylic acids is 1. The molecule has 0 aliphatic carbocycles. The van der Waals surface area contributed by atoms with Crippen LogP contribution in [0.15, 0.2) is 39.9 Å². The fourth-order valence-electron chi connectivity index (χ4n) is 4.18. The molecular weight excluding hydrogens is 444 g/mol. The maximum absolute atomic E-state index is 13.1. The van der Waals surface area contributed by atoms with Gasteiger partial charge in [-0.1, -0.05) is 17.7 Å². The summed E-state index contributed by atoms with van der Waals surface area (Å²) in [6.45, 7) is 11.5. The maximum Gasteiger partial charge on any atom is 0.333 e. The molecule has 1 aromatic heterocycles. The Kier molecular flexibility index (Phi) is 7.89. The van der Waals surface area contributed by atoms with Crippen LogP contribution < -0.4 is 20.9 Å². The molecule has 0 saturated carbocycles. The van der Waals surface area contributed by atoms with E-state index in [4.69, 9.17) is 16.3 Å². The molecule has 33 heavy (non-hydrogen) atoms. The monoisotopic (exact) mass is 476 g/mol. The number of amides is 1. The molecule has 0 bridgehead atoms. The van der Waals surface area contributed by atoms with Crippen LogP contribution in [0.25, 0.3) is 0 Å². The van der Waals surface area contributed by atoms with Gasteiger partial charge in [-0.3, -0.25) is 18.7 Å². The summed E-state index contributed by atoms with van der Waals surface area (Å²) in [5, 5.41) is 0.549. The number of anilines is 1. The van der Waals surface area contributed by atoms with E-state index in [9.17, 15) is 14.4 Å². The molecule has 2 heterocycles. The molecule has 3 rings (SSSR count). The topological polar surface area (TPSA) is 76.8 Å². The average molecular weight is 477 g/mol. The van der Waals surface area contributed by atoms with Gasteiger partial charge in [0.2, 0.25) is 0 Å². The number of halogens is 1. The number of nitrogens with zero attached hydrogens (tertiary/aromatic N) is 4. The van der Waals surface area contributed by atoms with E-state index < -0.39 is 6.10 Å². The first-order valence-corrected chi connectivity index (χ1v) is 11.8. The van der Waals surface area contributed by atoms with E-state index >= 15 is 0 Å². The summed E-state index contributed by atoms with van der Waals surface area (Å²) in [4.78, 5) is 42.6. The Bertz CT molecular complexity index is 1110. The van der Waals surface area contributed by atoms with Crippen molar-refractivity contribution < 1.29 is 9.53 Å². The van der Waals surface area contributed by atoms with E-state index in [1.807, 2.05) is 32.6 Å². The van der Waals surface area contributed by atoms with Crippen molar-refractivity contribution in [1.29, 1.82) is 0 Å². The zero-order valence-corrected chi connectivity index (χ0v) is 20.7. The van der Waals surface area contributed by atoms with Gasteiger partial charge in [0, 0.05) is 49.4 Å². The molecule has 0 unspecified atom stereocenters. The van der Waals surface area contributed by atoms with Crippen LogP contribution in [0.3, 0.4) is 0 Å². The third-order valence-electron chi connectivity index (χ3n) is 5.77. The van der Waals surface area contributed by atoms with Crippen molar-refractivity contribution in [3.63, 3.8) is 0 Å². The zero-order chi connectivity index (χ0) is 24.3. The Morgan fingerprint density at radius 2 is 1.64 bits per heavy atom. The van der Waals surface area contributed by atoms with Gasteiger partial charge in [0.15, 0.2) is 6.10 Å². The van der Waals surface area contributed by atoms with Gasteiger partial charge in [-0.2, -0.15) is 0 Å². The second kappa shape index (κ2) is 10.5. The molecule has 0 radical (unpaired) electrons. The van der Waals surface area contributed by atoms with Gasteiger partial charge in [-0.25, -0.2) is 4.79 Å². The third kappa shape index (κ3) is 5.61. The van der Waals surface area contributed by atoms with Crippen molar-refractivity contribution in [1.82, 2.24) is 14.0 Å². The van der Waals surface area contributed by atoms with Crippen LogP contribution in [0, 0.1) is 0 Å². The van der Waals surface area contributed by atoms with Gasteiger partial charge in [-0.05, 0) is 59.2 Å². The van der Waals surface area contributed by atoms with Crippen LogP contribution in [0.1, 0.15) is 53.1 Å². The minimum atomic E-state index is -0.654. The molecule has 180 valence electrons. The summed E-state index contributed by atoms with van der Waals surface area (Å²) >= 11 is 6.01. The lowest BCUT2D eigenvalue weighted by molar-refractivity contribution is -0.137. The van der Waals surface area contributed by atoms with Gasteiger partial charge >= 0.3 is 5.69 Å². The molecule has 9 heteroatoms. The first-order chi connectivity index (χ1) is 15.6. The molecule has 1 aliphatic rings. The smallest absolute Gasteiger partial charge is 0.333 e. The highest BCUT2D eigenvalue weighted by Gasteiger charge is 2.27. The lowest BCUT2D eigenvalue weighted by Crippen LogP contribution is -2.45. The van der Waals surface area contributed by atoms with E-state index in [-0.39, 0.29) is 29.2 Å². The quantitative estimate of drug-likeness (QED) is 0.639. The molecule has 1 aliphatic heterocycles. The van der Waals surface area contributed by atoms with Crippen LogP contribution in [-0.4, -0.2) is 52.2 Å². The summed E-state index contributed by atoms with van der Waals surface area (Å²) in [7, 11) is 0. The van der Waals surface area contributed by atoms with E-state index in [0.717, 1.165) is 6.42 Å². The molecule has 1 atom stereocenters. The highest BCUT2D eigenvalue weighted by molar-refractivity contribution is 6.30. The van der Waals surface area contributed by atoms with E-state index in [0.29, 0.717) is 42.8 Å². The predicted octanol–water partition coefficient (Wildman–Crippen LogP) is 3.33. The minimum Gasteiger partial charge on any atom is -0.481 e. The second-order valence-electron chi connectivity index (χ2n) is 8.93. The minimum absolute atomic E-state index is 0.103. The number of carbonyl (C=O) groups is 1. The fourth-order valence-corrected chi connectivity index (χ4v) is 4.36. The lowest BCUT2D eigenvalue weighted by Gasteiger charge is -2.29. The van der Waals surface area contributed by atoms with Crippen molar-refractivity contribution in [2.45, 2.75) is 59.2 Å². The first-order valence-electron chi connectivity index (χ1n) is 11.4. The van der Waals surface area contributed by atoms with Gasteiger partial charge in [0.05, 0.1) is 0 Å². The van der Waals surface area contributed by atoms with Crippen LogP contribution >= 0.6 is 11.6 Å². The van der Waals surface area contributed by atoms with Crippen molar-refractivity contribution in [2.24, 2.45) is 0 Å². The molecule has 0 spiro atoms. The largest absolute Gasteiger partial charge is 0.481 e. The molecule has 2 aromatic rings. The molecule has 1 amide bonds. The number of benzene rings is 1. The van der Waals surface area contributed by atoms with Crippen LogP contribution in [0.5, 0.6) is 5.75 Å². The molecule has 8 nitrogen and oxygen atoms in total. The summed E-state index contributed by atoms with van der Waals surface area (Å²) in [5.41, 5.74) is -0.606. The highest BCUT2D eigenvalue weighted by Crippen LogP contribution is 2.21. The van der Waals surface area contributed by atoms with Crippen molar-refractivity contribution in [3.8, 4) is 5.75 Å². The lowest BCUT2D eigenvalue weighted by atomic mass is 10.3. The molecule has 1 fully saturated rings. The Labute approximate surface area is 199 Å². The standard InChI is InChI=1S/C24H33ClN4O4/c1-16(2)28-21(15-22(30)29(17(3)4)24(28)32)26-10-7-11-27(13-12-26)23(31)18(5)33-20-9-6-8-19(25)14-20/h6,8-9,14-18H,7,10-13H2,1-5H3/t18-/m0/s1. The number of hydrogen-bond acceptors (Lipinski definition) is 5. The highest BCUT2D eigenvalue weighted by atomic mass is 35.5. The van der Waals surface area contributed by atoms with Gasteiger partial charge in [0.25, 0.3) is 11.5 Å². The SMILES string of the molecule is CC(C)n1c(N2CCCN(C(=O)[C@H](C)Oc3cccc(Cl)c3)CC2)cc(=O)n(C(C)C)c1=O. The Morgan fingerprint density at radius 3 is 2.27 bits per heavy atom. The van der Waals surface area contributed by atoms with Crippen LogP contribution in [0.2, 0.25) is 5.02 Å². The number of aromatic nitrogens is 2. The van der Waals surface area contributed by atoms with Crippen LogP contribution in [-0.2, 0) is 4.79 Å². The number of ether oxygens (including phenoxy) is 1. The average Bonchev–Trinajstić information content (AvgIpc) is 2.98. The Morgan fingerprint density at radius 1 is 0.939 bits per heavy atom. The summed E-state index contributed by atoms with van der Waals surface area (Å²) < 4.78 is 8.76. The summed E-state index contributed by atoms with van der Waals surface area (Å²) in [6, 6.07) is 8.20.